The Labute approximate surface area is 112 Å². The van der Waals surface area contributed by atoms with Crippen LogP contribution in [0.15, 0.2) is 4.79 Å². The molecule has 2 rings (SSSR count). The first kappa shape index (κ1) is 13.6. The second-order valence-corrected chi connectivity index (χ2v) is 4.95. The lowest BCUT2D eigenvalue weighted by atomic mass is 10.0. The average Bonchev–Trinajstić information content (AvgIpc) is 2.88. The molecule has 1 aromatic rings. The molecule has 1 aliphatic rings. The van der Waals surface area contributed by atoms with Gasteiger partial charge in [0.05, 0.1) is 0 Å². The molecule has 1 saturated heterocycles. The Hall–Kier alpha value is -1.80. The molecular formula is C14H19N3O2. The summed E-state index contributed by atoms with van der Waals surface area (Å²) in [5, 5.41) is 19.4. The van der Waals surface area contributed by atoms with Crippen LogP contribution in [0.3, 0.4) is 0 Å². The largest absolute Gasteiger partial charge is 0.494 e. The molecule has 0 bridgehead atoms. The fourth-order valence-corrected chi connectivity index (χ4v) is 2.65. The van der Waals surface area contributed by atoms with Crippen LogP contribution in [-0.2, 0) is 13.1 Å². The third-order valence-corrected chi connectivity index (χ3v) is 3.82. The smallest absolute Gasteiger partial charge is 0.271 e. The van der Waals surface area contributed by atoms with Crippen molar-refractivity contribution in [2.24, 2.45) is 0 Å². The number of likely N-dealkylation sites (tertiary alicyclic amines) is 1. The molecule has 0 unspecified atom stereocenters. The first-order valence-corrected chi connectivity index (χ1v) is 6.67. The SMILES string of the molecule is CCn1c(O)c(CN2CCCC2)c(C)c(C#N)c1=O. The number of nitrogens with zero attached hydrogens (tertiary/aromatic N) is 3. The summed E-state index contributed by atoms with van der Waals surface area (Å²) >= 11 is 0. The molecule has 0 amide bonds. The minimum absolute atomic E-state index is 0.0101. The number of hydrogen-bond acceptors (Lipinski definition) is 4. The van der Waals surface area contributed by atoms with Crippen LogP contribution in [-0.4, -0.2) is 27.7 Å². The predicted molar refractivity (Wildman–Crippen MR) is 72.0 cm³/mol. The van der Waals surface area contributed by atoms with Gasteiger partial charge < -0.3 is 5.11 Å². The van der Waals surface area contributed by atoms with Crippen molar-refractivity contribution >= 4 is 0 Å². The molecule has 0 saturated carbocycles. The zero-order chi connectivity index (χ0) is 14.0. The lowest BCUT2D eigenvalue weighted by Crippen LogP contribution is -2.27. The lowest BCUT2D eigenvalue weighted by Gasteiger charge is -2.20. The summed E-state index contributed by atoms with van der Waals surface area (Å²) in [6.45, 7) is 6.51. The lowest BCUT2D eigenvalue weighted by molar-refractivity contribution is 0.315. The van der Waals surface area contributed by atoms with E-state index in [9.17, 15) is 9.90 Å². The summed E-state index contributed by atoms with van der Waals surface area (Å²) in [6.07, 6.45) is 2.33. The highest BCUT2D eigenvalue weighted by Crippen LogP contribution is 2.24. The molecule has 5 heteroatoms. The van der Waals surface area contributed by atoms with Gasteiger partial charge in [-0.2, -0.15) is 5.26 Å². The van der Waals surface area contributed by atoms with Crippen molar-refractivity contribution < 1.29 is 5.11 Å². The fourth-order valence-electron chi connectivity index (χ4n) is 2.65. The van der Waals surface area contributed by atoms with Gasteiger partial charge in [-0.1, -0.05) is 0 Å². The van der Waals surface area contributed by atoms with E-state index in [0.717, 1.165) is 13.1 Å². The van der Waals surface area contributed by atoms with Gasteiger partial charge in [0, 0.05) is 18.7 Å². The maximum Gasteiger partial charge on any atom is 0.271 e. The summed E-state index contributed by atoms with van der Waals surface area (Å²) in [4.78, 5) is 14.3. The molecule has 2 heterocycles. The molecule has 0 spiro atoms. The van der Waals surface area contributed by atoms with E-state index in [1.807, 2.05) is 6.07 Å². The van der Waals surface area contributed by atoms with Crippen molar-refractivity contribution in [2.45, 2.75) is 39.8 Å². The Bertz CT molecular complexity index is 578. The molecule has 102 valence electrons. The average molecular weight is 261 g/mol. The van der Waals surface area contributed by atoms with E-state index in [1.165, 1.54) is 17.4 Å². The van der Waals surface area contributed by atoms with Gasteiger partial charge in [0.25, 0.3) is 5.56 Å². The van der Waals surface area contributed by atoms with Crippen molar-refractivity contribution in [3.63, 3.8) is 0 Å². The standard InChI is InChI=1S/C14H19N3O2/c1-3-17-13(18)11(8-15)10(2)12(14(17)19)9-16-6-4-5-7-16/h19H,3-7,9H2,1-2H3. The molecule has 0 radical (unpaired) electrons. The zero-order valence-corrected chi connectivity index (χ0v) is 11.4. The second-order valence-electron chi connectivity index (χ2n) is 4.95. The maximum atomic E-state index is 12.0. The minimum atomic E-state index is -0.398. The van der Waals surface area contributed by atoms with Crippen LogP contribution in [0.5, 0.6) is 5.88 Å². The first-order valence-electron chi connectivity index (χ1n) is 6.67. The quantitative estimate of drug-likeness (QED) is 0.891. The van der Waals surface area contributed by atoms with Gasteiger partial charge in [-0.15, -0.1) is 0 Å². The van der Waals surface area contributed by atoms with Crippen molar-refractivity contribution in [3.05, 3.63) is 27.0 Å². The molecule has 5 nitrogen and oxygen atoms in total. The Morgan fingerprint density at radius 1 is 1.37 bits per heavy atom. The van der Waals surface area contributed by atoms with Crippen LogP contribution in [0, 0.1) is 18.3 Å². The van der Waals surface area contributed by atoms with E-state index in [1.54, 1.807) is 13.8 Å². The topological polar surface area (TPSA) is 69.3 Å². The molecule has 0 atom stereocenters. The fraction of sp³-hybridized carbons (Fsp3) is 0.571. The Balaban J connectivity index is 2.52. The van der Waals surface area contributed by atoms with E-state index in [2.05, 4.69) is 4.90 Å². The van der Waals surface area contributed by atoms with Crippen LogP contribution in [0.25, 0.3) is 0 Å². The summed E-state index contributed by atoms with van der Waals surface area (Å²) in [7, 11) is 0. The van der Waals surface area contributed by atoms with Gasteiger partial charge in [0.2, 0.25) is 0 Å². The highest BCUT2D eigenvalue weighted by atomic mass is 16.3. The molecule has 1 aromatic heterocycles. The zero-order valence-electron chi connectivity index (χ0n) is 11.4. The minimum Gasteiger partial charge on any atom is -0.494 e. The summed E-state index contributed by atoms with van der Waals surface area (Å²) < 4.78 is 1.27. The Morgan fingerprint density at radius 2 is 2.00 bits per heavy atom. The molecule has 1 N–H and O–H groups in total. The van der Waals surface area contributed by atoms with E-state index >= 15 is 0 Å². The predicted octanol–water partition coefficient (Wildman–Crippen LogP) is 1.35. The number of aromatic hydroxyl groups is 1. The normalized spacial score (nSPS) is 15.6. The van der Waals surface area contributed by atoms with Crippen molar-refractivity contribution in [2.75, 3.05) is 13.1 Å². The number of hydrogen-bond donors (Lipinski definition) is 1. The van der Waals surface area contributed by atoms with Crippen LogP contribution < -0.4 is 5.56 Å². The van der Waals surface area contributed by atoms with Gasteiger partial charge in [-0.3, -0.25) is 14.3 Å². The number of pyridine rings is 1. The van der Waals surface area contributed by atoms with Crippen LogP contribution >= 0.6 is 0 Å². The number of rotatable bonds is 3. The van der Waals surface area contributed by atoms with Crippen molar-refractivity contribution in [3.8, 4) is 11.9 Å². The van der Waals surface area contributed by atoms with Gasteiger partial charge in [-0.25, -0.2) is 0 Å². The molecule has 0 aromatic carbocycles. The van der Waals surface area contributed by atoms with E-state index < -0.39 is 5.56 Å². The highest BCUT2D eigenvalue weighted by Gasteiger charge is 2.21. The van der Waals surface area contributed by atoms with Crippen LogP contribution in [0.1, 0.15) is 36.5 Å². The first-order chi connectivity index (χ1) is 9.10. The van der Waals surface area contributed by atoms with E-state index in [-0.39, 0.29) is 11.4 Å². The number of aromatic nitrogens is 1. The van der Waals surface area contributed by atoms with Gasteiger partial charge in [-0.05, 0) is 45.3 Å². The van der Waals surface area contributed by atoms with Gasteiger partial charge in [0.1, 0.15) is 11.6 Å². The van der Waals surface area contributed by atoms with Gasteiger partial charge in [0.15, 0.2) is 5.88 Å². The number of nitriles is 1. The maximum absolute atomic E-state index is 12.0. The van der Waals surface area contributed by atoms with Gasteiger partial charge >= 0.3 is 0 Å². The van der Waals surface area contributed by atoms with E-state index in [0.29, 0.717) is 24.2 Å². The molecule has 1 aliphatic heterocycles. The Kier molecular flexibility index (Phi) is 3.91. The molecule has 19 heavy (non-hydrogen) atoms. The van der Waals surface area contributed by atoms with Crippen molar-refractivity contribution in [1.29, 1.82) is 5.26 Å². The third-order valence-electron chi connectivity index (χ3n) is 3.82. The highest BCUT2D eigenvalue weighted by molar-refractivity contribution is 5.45. The molecular weight excluding hydrogens is 242 g/mol. The van der Waals surface area contributed by atoms with E-state index in [4.69, 9.17) is 5.26 Å². The van der Waals surface area contributed by atoms with Crippen LogP contribution in [0.2, 0.25) is 0 Å². The summed E-state index contributed by atoms with van der Waals surface area (Å²) in [6, 6.07) is 1.97. The molecule has 1 fully saturated rings. The summed E-state index contributed by atoms with van der Waals surface area (Å²) in [5.74, 6) is 0.0101. The third kappa shape index (κ3) is 2.36. The van der Waals surface area contributed by atoms with Crippen molar-refractivity contribution in [1.82, 2.24) is 9.47 Å². The molecule has 0 aliphatic carbocycles. The summed E-state index contributed by atoms with van der Waals surface area (Å²) in [5.41, 5.74) is 1.07. The monoisotopic (exact) mass is 261 g/mol. The Morgan fingerprint density at radius 3 is 2.53 bits per heavy atom. The second kappa shape index (κ2) is 5.45. The van der Waals surface area contributed by atoms with Crippen LogP contribution in [0.4, 0.5) is 0 Å².